The monoisotopic (exact) mass is 303 g/mol. The number of aromatic nitrogens is 1. The quantitative estimate of drug-likeness (QED) is 0.414. The van der Waals surface area contributed by atoms with Crippen molar-refractivity contribution < 1.29 is 4.92 Å². The number of hydrogen-bond acceptors (Lipinski definition) is 3. The molecule has 1 heterocycles. The third-order valence-corrected chi connectivity index (χ3v) is 3.72. The fourth-order valence-electron chi connectivity index (χ4n) is 2.61. The lowest BCUT2D eigenvalue weighted by molar-refractivity contribution is -0.384. The number of hydrogen-bond donors (Lipinski definition) is 0. The second-order valence-corrected chi connectivity index (χ2v) is 5.19. The smallest absolute Gasteiger partial charge is 0.270 e. The second kappa shape index (κ2) is 5.78. The van der Waals surface area contributed by atoms with Gasteiger partial charge in [0.2, 0.25) is 0 Å². The van der Waals surface area contributed by atoms with Crippen LogP contribution < -0.4 is 0 Å². The zero-order valence-electron chi connectivity index (χ0n) is 12.4. The molecular weight excluding hydrogens is 290 g/mol. The molecule has 3 aromatic rings. The summed E-state index contributed by atoms with van der Waals surface area (Å²) in [6.45, 7) is 0. The molecule has 0 aliphatic rings. The Morgan fingerprint density at radius 3 is 2.78 bits per heavy atom. The first-order valence-corrected chi connectivity index (χ1v) is 7.01. The minimum Gasteiger partial charge on any atom is -0.350 e. The Morgan fingerprint density at radius 2 is 2.04 bits per heavy atom. The van der Waals surface area contributed by atoms with Crippen molar-refractivity contribution in [1.82, 2.24) is 4.57 Å². The third kappa shape index (κ3) is 2.70. The number of nitro groups is 1. The van der Waals surface area contributed by atoms with Gasteiger partial charge >= 0.3 is 0 Å². The van der Waals surface area contributed by atoms with Gasteiger partial charge in [-0.1, -0.05) is 30.3 Å². The Balaban J connectivity index is 2.14. The highest BCUT2D eigenvalue weighted by Gasteiger charge is 2.10. The molecule has 5 heteroatoms. The summed E-state index contributed by atoms with van der Waals surface area (Å²) in [5.41, 5.74) is 2.88. The largest absolute Gasteiger partial charge is 0.350 e. The molecule has 3 rings (SSSR count). The molecule has 0 spiro atoms. The van der Waals surface area contributed by atoms with Crippen molar-refractivity contribution in [1.29, 1.82) is 5.26 Å². The molecule has 0 saturated heterocycles. The fraction of sp³-hybridized carbons (Fsp3) is 0.0556. The second-order valence-electron chi connectivity index (χ2n) is 5.19. The topological polar surface area (TPSA) is 71.9 Å². The van der Waals surface area contributed by atoms with Gasteiger partial charge in [-0.3, -0.25) is 10.1 Å². The number of para-hydroxylation sites is 1. The summed E-state index contributed by atoms with van der Waals surface area (Å²) >= 11 is 0. The first-order valence-electron chi connectivity index (χ1n) is 7.01. The van der Waals surface area contributed by atoms with Crippen molar-refractivity contribution in [3.8, 4) is 6.07 Å². The summed E-state index contributed by atoms with van der Waals surface area (Å²) in [5.74, 6) is 0. The van der Waals surface area contributed by atoms with Crippen LogP contribution in [0.2, 0.25) is 0 Å². The molecule has 0 radical (unpaired) electrons. The van der Waals surface area contributed by atoms with Gasteiger partial charge in [0, 0.05) is 41.8 Å². The highest BCUT2D eigenvalue weighted by atomic mass is 16.6. The summed E-state index contributed by atoms with van der Waals surface area (Å²) in [6, 6.07) is 16.2. The van der Waals surface area contributed by atoms with Crippen LogP contribution >= 0.6 is 0 Å². The molecule has 0 aliphatic heterocycles. The number of nitrogens with zero attached hydrogens (tertiary/aromatic N) is 3. The van der Waals surface area contributed by atoms with Gasteiger partial charge in [0.1, 0.15) is 0 Å². The minimum absolute atomic E-state index is 0.0263. The summed E-state index contributed by atoms with van der Waals surface area (Å²) < 4.78 is 1.99. The summed E-state index contributed by atoms with van der Waals surface area (Å²) in [5, 5.41) is 21.4. The third-order valence-electron chi connectivity index (χ3n) is 3.72. The molecule has 0 fully saturated rings. The first-order chi connectivity index (χ1) is 11.1. The molecular formula is C18H13N3O2. The van der Waals surface area contributed by atoms with E-state index in [1.807, 2.05) is 42.1 Å². The number of nitriles is 1. The number of allylic oxidation sites excluding steroid dienone is 1. The van der Waals surface area contributed by atoms with Gasteiger partial charge < -0.3 is 4.57 Å². The Kier molecular flexibility index (Phi) is 3.65. The van der Waals surface area contributed by atoms with Crippen LogP contribution in [0.3, 0.4) is 0 Å². The predicted molar refractivity (Wildman–Crippen MR) is 89.5 cm³/mol. The van der Waals surface area contributed by atoms with E-state index in [4.69, 9.17) is 0 Å². The first kappa shape index (κ1) is 14.5. The molecule has 5 nitrogen and oxygen atoms in total. The van der Waals surface area contributed by atoms with Gasteiger partial charge in [0.15, 0.2) is 0 Å². The number of benzene rings is 2. The van der Waals surface area contributed by atoms with E-state index in [1.54, 1.807) is 18.2 Å². The van der Waals surface area contributed by atoms with Gasteiger partial charge in [-0.05, 0) is 17.7 Å². The van der Waals surface area contributed by atoms with Gasteiger partial charge in [-0.25, -0.2) is 0 Å². The maximum absolute atomic E-state index is 10.9. The lowest BCUT2D eigenvalue weighted by atomic mass is 10.0. The van der Waals surface area contributed by atoms with E-state index in [0.717, 1.165) is 16.5 Å². The van der Waals surface area contributed by atoms with Crippen molar-refractivity contribution in [3.05, 3.63) is 76.0 Å². The number of non-ortho nitro benzene ring substituents is 1. The Bertz CT molecular complexity index is 977. The van der Waals surface area contributed by atoms with Crippen LogP contribution in [-0.2, 0) is 7.05 Å². The van der Waals surface area contributed by atoms with Crippen molar-refractivity contribution in [3.63, 3.8) is 0 Å². The molecule has 0 saturated carbocycles. The van der Waals surface area contributed by atoms with E-state index in [9.17, 15) is 15.4 Å². The van der Waals surface area contributed by atoms with Crippen molar-refractivity contribution in [2.75, 3.05) is 0 Å². The lowest BCUT2D eigenvalue weighted by Gasteiger charge is -1.99. The molecule has 0 atom stereocenters. The summed E-state index contributed by atoms with van der Waals surface area (Å²) in [4.78, 5) is 10.4. The van der Waals surface area contributed by atoms with Crippen LogP contribution in [0.1, 0.15) is 11.1 Å². The highest BCUT2D eigenvalue weighted by molar-refractivity contribution is 5.98. The van der Waals surface area contributed by atoms with Crippen LogP contribution in [0.4, 0.5) is 5.69 Å². The SMILES string of the molecule is Cn1cc(C=C(C#N)c2cccc([N+](=O)[O-])c2)c2ccccc21. The predicted octanol–water partition coefficient (Wildman–Crippen LogP) is 4.15. The van der Waals surface area contributed by atoms with E-state index >= 15 is 0 Å². The number of nitro benzene ring substituents is 1. The van der Waals surface area contributed by atoms with Gasteiger partial charge in [0.25, 0.3) is 5.69 Å². The van der Waals surface area contributed by atoms with Crippen molar-refractivity contribution in [2.45, 2.75) is 0 Å². The molecule has 112 valence electrons. The zero-order chi connectivity index (χ0) is 16.4. The molecule has 0 bridgehead atoms. The van der Waals surface area contributed by atoms with E-state index in [2.05, 4.69) is 6.07 Å². The standard InChI is InChI=1S/C18H13N3O2/c1-20-12-15(17-7-2-3-8-18(17)20)9-14(11-19)13-5-4-6-16(10-13)21(22)23/h2-10,12H,1H3. The van der Waals surface area contributed by atoms with Crippen molar-refractivity contribution in [2.24, 2.45) is 7.05 Å². The highest BCUT2D eigenvalue weighted by Crippen LogP contribution is 2.26. The summed E-state index contributed by atoms with van der Waals surface area (Å²) in [7, 11) is 1.94. The van der Waals surface area contributed by atoms with Crippen LogP contribution in [0.5, 0.6) is 0 Å². The average Bonchev–Trinajstić information content (AvgIpc) is 2.89. The normalized spacial score (nSPS) is 11.4. The van der Waals surface area contributed by atoms with Gasteiger partial charge in [-0.2, -0.15) is 5.26 Å². The van der Waals surface area contributed by atoms with E-state index < -0.39 is 4.92 Å². The van der Waals surface area contributed by atoms with Crippen LogP contribution in [0.25, 0.3) is 22.6 Å². The van der Waals surface area contributed by atoms with Crippen LogP contribution in [-0.4, -0.2) is 9.49 Å². The van der Waals surface area contributed by atoms with Crippen LogP contribution in [0, 0.1) is 21.4 Å². The van der Waals surface area contributed by atoms with Crippen molar-refractivity contribution >= 4 is 28.2 Å². The number of fused-ring (bicyclic) bond motifs is 1. The molecule has 0 amide bonds. The van der Waals surface area contributed by atoms with E-state index in [-0.39, 0.29) is 5.69 Å². The van der Waals surface area contributed by atoms with E-state index in [0.29, 0.717) is 11.1 Å². The molecule has 23 heavy (non-hydrogen) atoms. The average molecular weight is 303 g/mol. The Labute approximate surface area is 132 Å². The maximum Gasteiger partial charge on any atom is 0.270 e. The van der Waals surface area contributed by atoms with Gasteiger partial charge in [0.05, 0.1) is 16.6 Å². The minimum atomic E-state index is -0.462. The zero-order valence-corrected chi connectivity index (χ0v) is 12.4. The summed E-state index contributed by atoms with van der Waals surface area (Å²) in [6.07, 6.45) is 3.71. The van der Waals surface area contributed by atoms with Gasteiger partial charge in [-0.15, -0.1) is 0 Å². The fourth-order valence-corrected chi connectivity index (χ4v) is 2.61. The molecule has 0 unspecified atom stereocenters. The number of aryl methyl sites for hydroxylation is 1. The molecule has 0 aliphatic carbocycles. The van der Waals surface area contributed by atoms with Crippen LogP contribution in [0.15, 0.2) is 54.7 Å². The molecule has 2 aromatic carbocycles. The Morgan fingerprint density at radius 1 is 1.26 bits per heavy atom. The Hall–Kier alpha value is -3.39. The number of rotatable bonds is 3. The maximum atomic E-state index is 10.9. The lowest BCUT2D eigenvalue weighted by Crippen LogP contribution is -1.89. The molecule has 0 N–H and O–H groups in total. The van der Waals surface area contributed by atoms with E-state index in [1.165, 1.54) is 12.1 Å². The molecule has 1 aromatic heterocycles.